The third kappa shape index (κ3) is 20.9. The summed E-state index contributed by atoms with van der Waals surface area (Å²) in [6.45, 7) is 65.8. The molecule has 0 amide bonds. The number of carbonyl (C=O) groups excluding carboxylic acids is 8. The number of carbonyl (C=O) groups is 8. The first-order valence-electron chi connectivity index (χ1n) is 46.9. The minimum atomic E-state index is -0.324. The van der Waals surface area contributed by atoms with Crippen molar-refractivity contribution in [1.29, 1.82) is 0 Å². The zero-order valence-electron chi connectivity index (χ0n) is 78.0. The number of hydrogen-bond donors (Lipinski definition) is 0. The number of rotatable bonds is 16. The standard InChI is InChI=1S/C15H22O2.C15H24O2.C14H20O2.C14H22O2.C12H18O2.C12H20O2.C11H16O2.C11H18O2/c1-9(2)14(16)17-15(3)8-10-7-13(15)12-6-4-5-11(10)12;1-10(2)12(16)17-15(6)9-11-7-8-14(15,5)13(11,3)4;1-3-13(15)16-14(2)8-9-7-12(14)11-6-4-5-10(9)11;1-6-11(15)16-14(5)9-10-7-8-13(14,4)12(10,2)3;1-8(2)11(13)14-12(3)7-9-4-5-10(12)6-9;1-10(2)11(13)14-12(3)8-6-4-5-7-9-12;1-3-10(12)13-11(2)7-8-4-5-9(11)6-8;1-3-10(12)13-11(2)8-6-4-5-7-9-11/h10-13H,1,4-8H2,2-3H3;11H,1,7-9H2,2-6H3;3,9-12H,1,4-8H2,2H3;6,10H,1,7-9H2,2-5H3;9-10H,1,4-7H2,2-3H3;1,4-9H2,2-3H3;3,8-9H,1,4-7H2,2H3;3H,1,4-9H2,2H3. The van der Waals surface area contributed by atoms with Gasteiger partial charge in [0.15, 0.2) is 0 Å². The second-order valence-electron chi connectivity index (χ2n) is 43.9. The molecule has 0 N–H and O–H groups in total. The maximum atomic E-state index is 11.8. The smallest absolute Gasteiger partial charge is 0.333 e. The second-order valence-corrected chi connectivity index (χ2v) is 43.9. The molecule has 16 nitrogen and oxygen atoms in total. The van der Waals surface area contributed by atoms with Gasteiger partial charge in [-0.25, -0.2) is 38.4 Å². The average molecular weight is 1670 g/mol. The van der Waals surface area contributed by atoms with Crippen LogP contribution in [0.2, 0.25) is 0 Å². The Bertz CT molecular complexity index is 3820. The molecule has 16 aliphatic rings. The second kappa shape index (κ2) is 38.3. The van der Waals surface area contributed by atoms with Gasteiger partial charge in [0, 0.05) is 69.3 Å². The summed E-state index contributed by atoms with van der Waals surface area (Å²) >= 11 is 0. The van der Waals surface area contributed by atoms with Gasteiger partial charge in [-0.1, -0.05) is 133 Å². The van der Waals surface area contributed by atoms with Gasteiger partial charge in [-0.3, -0.25) is 0 Å². The third-order valence-electron chi connectivity index (χ3n) is 35.2. The molecule has 0 aromatic carbocycles. The highest BCUT2D eigenvalue weighted by Crippen LogP contribution is 2.73. The monoisotopic (exact) mass is 1670 g/mol. The summed E-state index contributed by atoms with van der Waals surface area (Å²) in [5, 5.41) is 0. The largest absolute Gasteiger partial charge is 0.456 e. The van der Waals surface area contributed by atoms with Gasteiger partial charge >= 0.3 is 47.8 Å². The van der Waals surface area contributed by atoms with Crippen molar-refractivity contribution in [3.63, 3.8) is 0 Å². The van der Waals surface area contributed by atoms with E-state index in [4.69, 9.17) is 37.9 Å². The van der Waals surface area contributed by atoms with Gasteiger partial charge in [-0.2, -0.15) is 0 Å². The highest BCUT2D eigenvalue weighted by molar-refractivity contribution is 5.89. The molecule has 16 aliphatic carbocycles. The average Bonchev–Trinajstić information content (AvgIpc) is 1.54. The van der Waals surface area contributed by atoms with Crippen LogP contribution in [0.25, 0.3) is 0 Å². The Labute approximate surface area is 724 Å². The summed E-state index contributed by atoms with van der Waals surface area (Å²) < 4.78 is 44.7. The zero-order valence-corrected chi connectivity index (χ0v) is 78.0. The number of ether oxygens (including phenoxy) is 8. The highest BCUT2D eigenvalue weighted by Gasteiger charge is 2.71. The lowest BCUT2D eigenvalue weighted by Crippen LogP contribution is -2.48. The molecule has 16 heteroatoms. The molecular formula is C104H160O16. The lowest BCUT2D eigenvalue weighted by Gasteiger charge is -2.45. The van der Waals surface area contributed by atoms with Crippen molar-refractivity contribution in [1.82, 2.24) is 0 Å². The fourth-order valence-electron chi connectivity index (χ4n) is 27.3. The van der Waals surface area contributed by atoms with Crippen molar-refractivity contribution in [2.75, 3.05) is 0 Å². The van der Waals surface area contributed by atoms with E-state index in [1.807, 2.05) is 13.8 Å². The van der Waals surface area contributed by atoms with E-state index in [9.17, 15) is 38.4 Å². The van der Waals surface area contributed by atoms with Crippen LogP contribution in [0, 0.1) is 105 Å². The van der Waals surface area contributed by atoms with Crippen LogP contribution in [0.5, 0.6) is 0 Å². The van der Waals surface area contributed by atoms with Crippen molar-refractivity contribution in [3.05, 3.63) is 99.2 Å². The van der Waals surface area contributed by atoms with Gasteiger partial charge in [0.05, 0.1) is 0 Å². The Kier molecular flexibility index (Phi) is 31.1. The fourth-order valence-corrected chi connectivity index (χ4v) is 27.3. The molecule has 16 rings (SSSR count). The SMILES string of the molecule is C=C(C)C(=O)OC1(C)CC2CC1C1CCCC21.C=C(C)C(=O)OC1(C)CC2CCC1(C)C2(C)C.C=C(C)C(=O)OC1(C)CC2CCC1C2.C=C(C)C(=O)OC1(C)CCCCCC1.C=CC(=O)OC1(C)CC2CC1C1CCCC21.C=CC(=O)OC1(C)CC2CCC1(C)C2(C)C.C=CC(=O)OC1(C)CC2CCC1C2.C=CC(=O)OC1(C)CCCCCC1. The van der Waals surface area contributed by atoms with Gasteiger partial charge in [-0.05, 0) is 358 Å². The first-order chi connectivity index (χ1) is 55.9. The normalized spacial score (nSPS) is 39.1. The summed E-state index contributed by atoms with van der Waals surface area (Å²) in [6, 6.07) is 0. The van der Waals surface area contributed by atoms with Crippen molar-refractivity contribution >= 4 is 47.8 Å². The molecule has 0 aliphatic heterocycles. The molecule has 0 aromatic heterocycles. The van der Waals surface area contributed by atoms with E-state index in [1.165, 1.54) is 178 Å². The molecule has 0 radical (unpaired) electrons. The quantitative estimate of drug-likeness (QED) is 0.0609. The third-order valence-corrected chi connectivity index (χ3v) is 35.2. The molecule has 12 bridgehead atoms. The van der Waals surface area contributed by atoms with Crippen LogP contribution >= 0.6 is 0 Å². The lowest BCUT2D eigenvalue weighted by molar-refractivity contribution is -0.170. The summed E-state index contributed by atoms with van der Waals surface area (Å²) in [7, 11) is 0. The van der Waals surface area contributed by atoms with E-state index in [2.05, 4.69) is 136 Å². The molecule has 0 aromatic rings. The molecule has 0 heterocycles. The first-order valence-corrected chi connectivity index (χ1v) is 46.9. The van der Waals surface area contributed by atoms with Crippen LogP contribution in [0.3, 0.4) is 0 Å². The maximum Gasteiger partial charge on any atom is 0.333 e. The zero-order chi connectivity index (χ0) is 89.0. The molecule has 0 spiro atoms. The van der Waals surface area contributed by atoms with Crippen molar-refractivity contribution < 1.29 is 76.3 Å². The Morgan fingerprint density at radius 1 is 0.283 bits per heavy atom. The fraction of sp³-hybridized carbons (Fsp3) is 0.769. The summed E-state index contributed by atoms with van der Waals surface area (Å²) in [5.41, 5.74) is 0.853. The lowest BCUT2D eigenvalue weighted by atomic mass is 9.65. The van der Waals surface area contributed by atoms with Crippen LogP contribution in [0.1, 0.15) is 356 Å². The molecule has 0 saturated heterocycles. The summed E-state index contributed by atoms with van der Waals surface area (Å²) in [6.07, 6.45) is 48.4. The van der Waals surface area contributed by atoms with E-state index in [1.54, 1.807) is 27.7 Å². The molecule has 120 heavy (non-hydrogen) atoms. The van der Waals surface area contributed by atoms with Crippen LogP contribution in [-0.4, -0.2) is 92.6 Å². The minimum Gasteiger partial charge on any atom is -0.456 e. The topological polar surface area (TPSA) is 210 Å². The van der Waals surface area contributed by atoms with E-state index in [-0.39, 0.29) is 114 Å². The van der Waals surface area contributed by atoms with Gasteiger partial charge in [-0.15, -0.1) is 0 Å². The van der Waals surface area contributed by atoms with E-state index in [0.29, 0.717) is 57.8 Å². The molecule has 22 atom stereocenters. The van der Waals surface area contributed by atoms with Gasteiger partial charge in [0.1, 0.15) is 44.8 Å². The molecule has 16 saturated carbocycles. The van der Waals surface area contributed by atoms with Gasteiger partial charge in [0.2, 0.25) is 0 Å². The summed E-state index contributed by atoms with van der Waals surface area (Å²) in [5.74, 6) is 8.57. The van der Waals surface area contributed by atoms with Crippen molar-refractivity contribution in [2.24, 2.45) is 105 Å². The van der Waals surface area contributed by atoms with Gasteiger partial charge in [0.25, 0.3) is 0 Å². The van der Waals surface area contributed by atoms with Crippen molar-refractivity contribution in [3.8, 4) is 0 Å². The molecule has 22 unspecified atom stereocenters. The number of hydrogen-bond acceptors (Lipinski definition) is 16. The maximum absolute atomic E-state index is 11.8. The molecular weight excluding hydrogens is 1510 g/mol. The van der Waals surface area contributed by atoms with Crippen LogP contribution < -0.4 is 0 Å². The van der Waals surface area contributed by atoms with Gasteiger partial charge < -0.3 is 37.9 Å². The van der Waals surface area contributed by atoms with Crippen LogP contribution in [0.4, 0.5) is 0 Å². The summed E-state index contributed by atoms with van der Waals surface area (Å²) in [4.78, 5) is 91.5. The number of esters is 8. The van der Waals surface area contributed by atoms with Crippen molar-refractivity contribution in [2.45, 2.75) is 401 Å². The molecule has 672 valence electrons. The van der Waals surface area contributed by atoms with E-state index < -0.39 is 0 Å². The highest BCUT2D eigenvalue weighted by atomic mass is 16.6. The number of fused-ring (bicyclic) bond motifs is 18. The predicted octanol–water partition coefficient (Wildman–Crippen LogP) is 24.3. The van der Waals surface area contributed by atoms with Crippen LogP contribution in [0.15, 0.2) is 99.2 Å². The minimum absolute atomic E-state index is 0.0930. The predicted molar refractivity (Wildman–Crippen MR) is 475 cm³/mol. The molecule has 16 fully saturated rings. The Morgan fingerprint density at radius 2 is 0.592 bits per heavy atom. The first kappa shape index (κ1) is 97.5. The van der Waals surface area contributed by atoms with Crippen LogP contribution in [-0.2, 0) is 76.3 Å². The van der Waals surface area contributed by atoms with E-state index in [0.717, 1.165) is 124 Å². The Morgan fingerprint density at radius 3 is 0.925 bits per heavy atom. The van der Waals surface area contributed by atoms with E-state index >= 15 is 0 Å². The Balaban J connectivity index is 0.000000156. The Hall–Kier alpha value is -6.32.